The lowest BCUT2D eigenvalue weighted by Gasteiger charge is -2.02. The summed E-state index contributed by atoms with van der Waals surface area (Å²) in [5.41, 5.74) is 6.17. The average molecular weight is 286 g/mol. The molecule has 0 atom stereocenters. The summed E-state index contributed by atoms with van der Waals surface area (Å²) in [5, 5.41) is 12.1. The average Bonchev–Trinajstić information content (AvgIpc) is 3.02. The Bertz CT molecular complexity index is 818. The zero-order valence-electron chi connectivity index (χ0n) is 10.2. The highest BCUT2D eigenvalue weighted by Gasteiger charge is 2.15. The normalized spacial score (nSPS) is 10.8. The van der Waals surface area contributed by atoms with Crippen LogP contribution < -0.4 is 5.73 Å². The molecule has 2 heterocycles. The first-order chi connectivity index (χ1) is 9.58. The summed E-state index contributed by atoms with van der Waals surface area (Å²) in [6, 6.07) is 9.05. The van der Waals surface area contributed by atoms with E-state index in [0.29, 0.717) is 21.3 Å². The lowest BCUT2D eigenvalue weighted by Crippen LogP contribution is -2.18. The van der Waals surface area contributed by atoms with Gasteiger partial charge in [-0.3, -0.25) is 4.79 Å². The number of ketones is 1. The van der Waals surface area contributed by atoms with Crippen molar-refractivity contribution in [2.45, 2.75) is 0 Å². The van der Waals surface area contributed by atoms with Gasteiger partial charge in [-0.15, -0.1) is 11.3 Å². The topological polar surface area (TPSA) is 85.3 Å². The van der Waals surface area contributed by atoms with Crippen molar-refractivity contribution >= 4 is 34.1 Å². The quantitative estimate of drug-likeness (QED) is 0.710. The first-order valence-corrected chi connectivity index (χ1v) is 6.68. The van der Waals surface area contributed by atoms with Crippen molar-refractivity contribution in [1.82, 2.24) is 4.57 Å². The minimum absolute atomic E-state index is 0.0896. The van der Waals surface area contributed by atoms with Crippen molar-refractivity contribution in [3.63, 3.8) is 0 Å². The lowest BCUT2D eigenvalue weighted by atomic mass is 10.1. The van der Waals surface area contributed by atoms with Gasteiger partial charge in [0.1, 0.15) is 0 Å². The molecular weight excluding hydrogens is 276 g/mol. The van der Waals surface area contributed by atoms with Crippen LogP contribution in [-0.2, 0) is 0 Å². The molecule has 3 aromatic rings. The van der Waals surface area contributed by atoms with E-state index in [4.69, 9.17) is 5.73 Å². The predicted octanol–water partition coefficient (Wildman–Crippen LogP) is 2.57. The zero-order chi connectivity index (χ0) is 14.3. The molecule has 5 nitrogen and oxygen atoms in total. The molecule has 3 rings (SSSR count). The smallest absolute Gasteiger partial charge is 0.326 e. The maximum absolute atomic E-state index is 12.2. The third-order valence-electron chi connectivity index (χ3n) is 3.01. The van der Waals surface area contributed by atoms with E-state index in [1.54, 1.807) is 24.3 Å². The van der Waals surface area contributed by atoms with Crippen LogP contribution >= 0.6 is 11.3 Å². The Morgan fingerprint density at radius 3 is 2.65 bits per heavy atom. The second kappa shape index (κ2) is 4.50. The fourth-order valence-corrected chi connectivity index (χ4v) is 2.81. The van der Waals surface area contributed by atoms with Crippen molar-refractivity contribution < 1.29 is 14.7 Å². The maximum atomic E-state index is 12.2. The van der Waals surface area contributed by atoms with Gasteiger partial charge in [0.15, 0.2) is 5.88 Å². The largest absolute Gasteiger partial charge is 0.494 e. The third kappa shape index (κ3) is 1.86. The molecule has 3 N–H and O–H groups in total. The van der Waals surface area contributed by atoms with Crippen LogP contribution in [0.5, 0.6) is 5.88 Å². The lowest BCUT2D eigenvalue weighted by molar-refractivity contribution is 0.104. The highest BCUT2D eigenvalue weighted by atomic mass is 32.1. The second-order valence-electron chi connectivity index (χ2n) is 4.26. The fourth-order valence-electron chi connectivity index (χ4n) is 2.12. The van der Waals surface area contributed by atoms with Gasteiger partial charge in [0.25, 0.3) is 0 Å². The van der Waals surface area contributed by atoms with Gasteiger partial charge in [-0.1, -0.05) is 6.07 Å². The number of hydrogen-bond donors (Lipinski definition) is 2. The number of hydrogen-bond acceptors (Lipinski definition) is 4. The predicted molar refractivity (Wildman–Crippen MR) is 76.3 cm³/mol. The summed E-state index contributed by atoms with van der Waals surface area (Å²) in [6.07, 6.45) is 0. The summed E-state index contributed by atoms with van der Waals surface area (Å²) in [5.74, 6) is -0.332. The Hall–Kier alpha value is -2.60. The maximum Gasteiger partial charge on any atom is 0.326 e. The Morgan fingerprint density at radius 1 is 1.20 bits per heavy atom. The fraction of sp³-hybridized carbons (Fsp3) is 0. The van der Waals surface area contributed by atoms with Crippen molar-refractivity contribution in [3.8, 4) is 5.88 Å². The van der Waals surface area contributed by atoms with E-state index in [1.807, 2.05) is 11.4 Å². The Kier molecular flexibility index (Phi) is 2.80. The number of carbonyl (C=O) groups excluding carboxylic acids is 2. The minimum atomic E-state index is -0.769. The van der Waals surface area contributed by atoms with Gasteiger partial charge in [-0.25, -0.2) is 9.36 Å². The number of nitrogens with two attached hydrogens (primary N) is 1. The van der Waals surface area contributed by atoms with E-state index in [2.05, 4.69) is 0 Å². The molecule has 20 heavy (non-hydrogen) atoms. The number of primary amides is 1. The van der Waals surface area contributed by atoms with E-state index in [0.717, 1.165) is 4.57 Å². The van der Waals surface area contributed by atoms with Crippen LogP contribution in [-0.4, -0.2) is 21.5 Å². The van der Waals surface area contributed by atoms with E-state index in [1.165, 1.54) is 17.4 Å². The molecule has 6 heteroatoms. The van der Waals surface area contributed by atoms with E-state index in [9.17, 15) is 14.7 Å². The van der Waals surface area contributed by atoms with Crippen molar-refractivity contribution in [2.75, 3.05) is 0 Å². The van der Waals surface area contributed by atoms with Crippen molar-refractivity contribution in [1.29, 1.82) is 0 Å². The van der Waals surface area contributed by atoms with Gasteiger partial charge in [0.05, 0.1) is 10.4 Å². The van der Waals surface area contributed by atoms with Gasteiger partial charge in [0, 0.05) is 17.0 Å². The van der Waals surface area contributed by atoms with E-state index >= 15 is 0 Å². The highest BCUT2D eigenvalue weighted by molar-refractivity contribution is 7.12. The number of nitrogens with zero attached hydrogens (tertiary/aromatic N) is 1. The number of fused-ring (bicyclic) bond motifs is 1. The van der Waals surface area contributed by atoms with Gasteiger partial charge in [0.2, 0.25) is 5.78 Å². The van der Waals surface area contributed by atoms with Crippen LogP contribution in [0.1, 0.15) is 15.2 Å². The number of aromatic nitrogens is 1. The molecule has 0 aliphatic heterocycles. The van der Waals surface area contributed by atoms with E-state index in [-0.39, 0.29) is 11.7 Å². The summed E-state index contributed by atoms with van der Waals surface area (Å²) >= 11 is 1.37. The number of carbonyl (C=O) groups is 2. The molecule has 0 radical (unpaired) electrons. The van der Waals surface area contributed by atoms with Gasteiger partial charge < -0.3 is 10.8 Å². The number of aromatic hydroxyl groups is 1. The SMILES string of the molecule is NC(=O)n1c(O)cc2cc(C(=O)c3cccs3)ccc21. The minimum Gasteiger partial charge on any atom is -0.494 e. The first kappa shape index (κ1) is 12.4. The molecular formula is C14H10N2O3S. The van der Waals surface area contributed by atoms with Gasteiger partial charge in [-0.2, -0.15) is 0 Å². The number of rotatable bonds is 2. The molecule has 0 aliphatic carbocycles. The van der Waals surface area contributed by atoms with Crippen LogP contribution in [0.15, 0.2) is 41.8 Å². The summed E-state index contributed by atoms with van der Waals surface area (Å²) < 4.78 is 0.995. The summed E-state index contributed by atoms with van der Waals surface area (Å²) in [7, 11) is 0. The van der Waals surface area contributed by atoms with Crippen LogP contribution in [0.3, 0.4) is 0 Å². The number of benzene rings is 1. The number of amides is 1. The Balaban J connectivity index is 2.13. The van der Waals surface area contributed by atoms with Crippen molar-refractivity contribution in [2.24, 2.45) is 5.73 Å². The van der Waals surface area contributed by atoms with E-state index < -0.39 is 6.03 Å². The molecule has 2 aromatic heterocycles. The molecule has 100 valence electrons. The molecule has 1 amide bonds. The van der Waals surface area contributed by atoms with Crippen LogP contribution in [0.25, 0.3) is 10.9 Å². The molecule has 0 aliphatic rings. The molecule has 0 fully saturated rings. The van der Waals surface area contributed by atoms with Crippen LogP contribution in [0.2, 0.25) is 0 Å². The molecule has 1 aromatic carbocycles. The molecule has 0 saturated heterocycles. The van der Waals surface area contributed by atoms with Crippen molar-refractivity contribution in [3.05, 3.63) is 52.2 Å². The summed E-state index contributed by atoms with van der Waals surface area (Å²) in [6.45, 7) is 0. The molecule has 0 saturated carbocycles. The summed E-state index contributed by atoms with van der Waals surface area (Å²) in [4.78, 5) is 24.1. The van der Waals surface area contributed by atoms with Crippen LogP contribution in [0, 0.1) is 0 Å². The number of thiophene rings is 1. The highest BCUT2D eigenvalue weighted by Crippen LogP contribution is 2.26. The molecule has 0 spiro atoms. The van der Waals surface area contributed by atoms with Gasteiger partial charge >= 0.3 is 6.03 Å². The molecule has 0 bridgehead atoms. The van der Waals surface area contributed by atoms with Crippen LogP contribution in [0.4, 0.5) is 4.79 Å². The Morgan fingerprint density at radius 2 is 2.00 bits per heavy atom. The zero-order valence-corrected chi connectivity index (χ0v) is 11.1. The second-order valence-corrected chi connectivity index (χ2v) is 5.20. The third-order valence-corrected chi connectivity index (χ3v) is 3.88. The standard InChI is InChI=1S/C14H10N2O3S/c15-14(19)16-10-4-3-8(6-9(10)7-12(16)17)13(18)11-2-1-5-20-11/h1-7,17H,(H2,15,19). The molecule has 0 unspecified atom stereocenters. The Labute approximate surface area is 117 Å². The first-order valence-electron chi connectivity index (χ1n) is 5.80. The van der Waals surface area contributed by atoms with Gasteiger partial charge in [-0.05, 0) is 29.6 Å². The monoisotopic (exact) mass is 286 g/mol.